The van der Waals surface area contributed by atoms with Gasteiger partial charge in [0.15, 0.2) is 0 Å². The van der Waals surface area contributed by atoms with Gasteiger partial charge in [-0.3, -0.25) is 4.89 Å². The first-order chi connectivity index (χ1) is 14.4. The number of hydrogen-bond acceptors (Lipinski definition) is 13. The molecule has 0 aromatic carbocycles. The smallest absolute Gasteiger partial charge is 0.390 e. The summed E-state index contributed by atoms with van der Waals surface area (Å²) in [5.74, 6) is 0.234. The summed E-state index contributed by atoms with van der Waals surface area (Å²) in [6.45, 7) is -0.544. The van der Waals surface area contributed by atoms with Crippen LogP contribution in [0.4, 0.5) is 5.82 Å². The second-order valence-electron chi connectivity index (χ2n) is 5.98. The van der Waals surface area contributed by atoms with Gasteiger partial charge in [0, 0.05) is 21.7 Å². The van der Waals surface area contributed by atoms with E-state index in [0.29, 0.717) is 15.5 Å². The van der Waals surface area contributed by atoms with Crippen molar-refractivity contribution in [3.8, 4) is 0 Å². The summed E-state index contributed by atoms with van der Waals surface area (Å²) in [4.78, 5) is 26.1. The van der Waals surface area contributed by atoms with Crippen molar-refractivity contribution in [2.24, 2.45) is 0 Å². The molecule has 0 radical (unpaired) electrons. The third-order valence-corrected chi connectivity index (χ3v) is 8.11. The maximum atomic E-state index is 11.7. The van der Waals surface area contributed by atoms with Gasteiger partial charge in [0.25, 0.3) is 0 Å². The van der Waals surface area contributed by atoms with Crippen LogP contribution in [0.15, 0.2) is 17.0 Å². The van der Waals surface area contributed by atoms with Crippen molar-refractivity contribution in [2.75, 3.05) is 12.3 Å². The number of halogens is 1. The molecule has 3 rings (SSSR count). The average Bonchev–Trinajstić information content (AvgIpc) is 3.19. The van der Waals surface area contributed by atoms with E-state index in [2.05, 4.69) is 39.2 Å². The Morgan fingerprint density at radius 2 is 2.06 bits per heavy atom. The Labute approximate surface area is 182 Å². The molecule has 16 nitrogen and oxygen atoms in total. The number of aromatic nitrogens is 3. The fourth-order valence-electron chi connectivity index (χ4n) is 2.72. The predicted molar refractivity (Wildman–Crippen MR) is 103 cm³/mol. The van der Waals surface area contributed by atoms with Gasteiger partial charge in [-0.25, -0.2) is 24.4 Å². The van der Waals surface area contributed by atoms with Crippen molar-refractivity contribution in [3.05, 3.63) is 17.0 Å². The number of nitrogens with zero attached hydrogens (tertiary/aromatic N) is 3. The quantitative estimate of drug-likeness (QED) is 0.165. The molecule has 1 aliphatic rings. The molecule has 20 heteroatoms. The second-order valence-corrected chi connectivity index (χ2v) is 10.9. The first kappa shape index (κ1) is 24.7. The first-order valence-corrected chi connectivity index (χ1v) is 12.9. The van der Waals surface area contributed by atoms with E-state index < -0.39 is 48.9 Å². The van der Waals surface area contributed by atoms with Crippen molar-refractivity contribution in [2.45, 2.75) is 24.9 Å². The zero-order valence-corrected chi connectivity index (χ0v) is 19.3. The summed E-state index contributed by atoms with van der Waals surface area (Å²) >= 11 is 3.35. The molecule has 172 valence electrons. The highest BCUT2D eigenvalue weighted by Gasteiger charge is 2.46. The lowest BCUT2D eigenvalue weighted by Gasteiger charge is -2.14. The molecule has 0 saturated carbocycles. The van der Waals surface area contributed by atoms with Crippen molar-refractivity contribution < 1.29 is 56.4 Å². The van der Waals surface area contributed by atoms with E-state index in [4.69, 9.17) is 25.1 Å². The zero-order chi connectivity index (χ0) is 23.0. The highest BCUT2D eigenvalue weighted by Crippen LogP contribution is 2.63. The maximum absolute atomic E-state index is 11.7. The lowest BCUT2D eigenvalue weighted by molar-refractivity contribution is -0.157. The minimum absolute atomic E-state index is 0.0922. The number of anilines is 1. The Hall–Kier alpha value is -0.900. The number of aliphatic hydroxyl groups excluding tert-OH is 1. The van der Waals surface area contributed by atoms with Crippen LogP contribution < -0.4 is 5.73 Å². The molecule has 2 aromatic heterocycles. The van der Waals surface area contributed by atoms with Crippen LogP contribution in [0, 0.1) is 0 Å². The van der Waals surface area contributed by atoms with Crippen molar-refractivity contribution in [3.63, 3.8) is 0 Å². The molecule has 0 bridgehead atoms. The average molecular weight is 568 g/mol. The molecule has 1 aliphatic heterocycles. The van der Waals surface area contributed by atoms with Gasteiger partial charge < -0.3 is 25.0 Å². The van der Waals surface area contributed by atoms with Crippen molar-refractivity contribution in [1.29, 1.82) is 0 Å². The van der Waals surface area contributed by atoms with E-state index >= 15 is 0 Å². The molecule has 1 fully saturated rings. The van der Waals surface area contributed by atoms with Crippen molar-refractivity contribution in [1.82, 2.24) is 14.5 Å². The number of rotatable bonds is 9. The lowest BCUT2D eigenvalue weighted by atomic mass is 10.2. The van der Waals surface area contributed by atoms with Gasteiger partial charge in [-0.2, -0.15) is 4.31 Å². The molecule has 31 heavy (non-hydrogen) atoms. The Morgan fingerprint density at radius 1 is 1.35 bits per heavy atom. The van der Waals surface area contributed by atoms with Gasteiger partial charge in [-0.15, -0.1) is 9.20 Å². The van der Waals surface area contributed by atoms with E-state index in [1.165, 1.54) is 6.33 Å². The maximum Gasteiger partial charge on any atom is 0.708 e. The molecule has 6 atom stereocenters. The molecular formula is C11H15BrN4O12P3+. The van der Waals surface area contributed by atoms with Gasteiger partial charge in [0.1, 0.15) is 36.7 Å². The zero-order valence-electron chi connectivity index (χ0n) is 15.0. The number of hydrogen-bond donors (Lipinski definition) is 5. The second kappa shape index (κ2) is 9.53. The molecule has 0 amide bonds. The van der Waals surface area contributed by atoms with Gasteiger partial charge in [-0.05, 0) is 20.2 Å². The fourth-order valence-corrected chi connectivity index (χ4v) is 6.00. The van der Waals surface area contributed by atoms with Crippen LogP contribution in [-0.2, 0) is 36.3 Å². The number of phosphoric acid groups is 2. The molecular weight excluding hydrogens is 553 g/mol. The highest BCUT2D eigenvalue weighted by molar-refractivity contribution is 9.10. The Morgan fingerprint density at radius 3 is 2.74 bits per heavy atom. The molecule has 3 heterocycles. The molecule has 0 aliphatic carbocycles. The van der Waals surface area contributed by atoms with Crippen LogP contribution in [0.5, 0.6) is 0 Å². The molecule has 1 saturated heterocycles. The van der Waals surface area contributed by atoms with E-state index in [1.807, 2.05) is 0 Å². The van der Waals surface area contributed by atoms with Crippen molar-refractivity contribution >= 4 is 56.7 Å². The lowest BCUT2D eigenvalue weighted by Crippen LogP contribution is -2.25. The summed E-state index contributed by atoms with van der Waals surface area (Å²) in [5, 5.41) is 18.8. The minimum Gasteiger partial charge on any atom is -0.390 e. The summed E-state index contributed by atoms with van der Waals surface area (Å²) in [7, 11) is -14.1. The normalized spacial score (nSPS) is 26.0. The monoisotopic (exact) mass is 567 g/mol. The molecule has 6 N–H and O–H groups in total. The van der Waals surface area contributed by atoms with E-state index in [0.717, 1.165) is 0 Å². The van der Waals surface area contributed by atoms with Crippen LogP contribution in [0.2, 0.25) is 0 Å². The number of nitrogen functional groups attached to an aromatic ring is 1. The van der Waals surface area contributed by atoms with Crippen LogP contribution in [-0.4, -0.2) is 53.5 Å². The van der Waals surface area contributed by atoms with Crippen LogP contribution in [0.25, 0.3) is 11.0 Å². The Balaban J connectivity index is 1.61. The van der Waals surface area contributed by atoms with Gasteiger partial charge >= 0.3 is 23.9 Å². The standard InChI is InChI=1S/C11H14BrN4O12P3/c12-5-2-16(11-9(5)10(13)14-4-15-11)8-1-6(17)7(25-8)3-24-29(19)27-31(22,23)28-30(20,21)26-18/h2,4,6-8,17H,1,3H2,(H4-,13,14,15,18,20,21,22,23)/p+1/t6-,7+,8+/m0/s1. The Bertz CT molecular complexity index is 1080. The van der Waals surface area contributed by atoms with E-state index in [9.17, 15) is 23.7 Å². The number of nitrogens with two attached hydrogens (primary N) is 1. The Kier molecular flexibility index (Phi) is 7.61. The van der Waals surface area contributed by atoms with E-state index in [1.54, 1.807) is 10.8 Å². The first-order valence-electron chi connectivity index (χ1n) is 8.02. The third-order valence-electron chi connectivity index (χ3n) is 3.93. The van der Waals surface area contributed by atoms with Crippen LogP contribution in [0.1, 0.15) is 12.6 Å². The number of ether oxygens (including phenoxy) is 1. The summed E-state index contributed by atoms with van der Waals surface area (Å²) in [6, 6.07) is 0. The number of fused-ring (bicyclic) bond motifs is 1. The number of aliphatic hydroxyl groups is 1. The topological polar surface area (TPSA) is 235 Å². The van der Waals surface area contributed by atoms with Gasteiger partial charge in [0.2, 0.25) is 0 Å². The predicted octanol–water partition coefficient (Wildman–Crippen LogP) is 1.82. The van der Waals surface area contributed by atoms with Gasteiger partial charge in [-0.1, -0.05) is 0 Å². The highest BCUT2D eigenvalue weighted by atomic mass is 79.9. The molecule has 2 aromatic rings. The molecule has 3 unspecified atom stereocenters. The van der Waals surface area contributed by atoms with E-state index in [-0.39, 0.29) is 12.2 Å². The van der Waals surface area contributed by atoms with Gasteiger partial charge in [0.05, 0.1) is 11.5 Å². The van der Waals surface area contributed by atoms with Crippen LogP contribution >= 0.6 is 39.8 Å². The minimum atomic E-state index is -5.40. The summed E-state index contributed by atoms with van der Waals surface area (Å²) in [6.07, 6.45) is 0.175. The largest absolute Gasteiger partial charge is 0.708 e. The van der Waals surface area contributed by atoms with Crippen LogP contribution in [0.3, 0.4) is 0 Å². The summed E-state index contributed by atoms with van der Waals surface area (Å²) < 4.78 is 57.3. The summed E-state index contributed by atoms with van der Waals surface area (Å²) in [5.41, 5.74) is 6.28. The fraction of sp³-hybridized carbons (Fsp3) is 0.455. The SMILES string of the molecule is Nc1ncnc2c1c(Br)cn2[C@H]1C[C@H](O)[C@@H](CO[P+](=O)OP(=O)(O)OP(=O)(O)OO)O1. The third kappa shape index (κ3) is 5.92. The molecule has 0 spiro atoms.